The molecule has 0 bridgehead atoms. The van der Waals surface area contributed by atoms with Gasteiger partial charge in [-0.05, 0) is 44.1 Å². The molecule has 1 aromatic carbocycles. The highest BCUT2D eigenvalue weighted by Crippen LogP contribution is 2.31. The number of likely N-dealkylation sites (tertiary alicyclic amines) is 1. The van der Waals surface area contributed by atoms with Gasteiger partial charge in [0.25, 0.3) is 0 Å². The lowest BCUT2D eigenvalue weighted by molar-refractivity contribution is -0.136. The third kappa shape index (κ3) is 3.19. The number of likely N-dealkylation sites (N-methyl/N-ethyl adjacent to an activating group) is 2. The maximum absolute atomic E-state index is 12.6. The van der Waals surface area contributed by atoms with Crippen molar-refractivity contribution in [3.63, 3.8) is 0 Å². The standard InChI is InChI=1S/C17H24N2O3/c1-18-8-4-3-5-14(18)17(20)19(2)12-13-6-7-15-16(11-13)22-10-9-21-15/h6-7,11,14H,3-5,8-10,12H2,1-2H3/t14-/m0/s1. The van der Waals surface area contributed by atoms with Gasteiger partial charge in [-0.15, -0.1) is 0 Å². The van der Waals surface area contributed by atoms with E-state index in [0.717, 1.165) is 36.4 Å². The molecular weight excluding hydrogens is 280 g/mol. The number of nitrogens with zero attached hydrogens (tertiary/aromatic N) is 2. The quantitative estimate of drug-likeness (QED) is 0.855. The minimum atomic E-state index is 0.0240. The molecule has 2 aliphatic heterocycles. The molecular formula is C17H24N2O3. The summed E-state index contributed by atoms with van der Waals surface area (Å²) < 4.78 is 11.1. The summed E-state index contributed by atoms with van der Waals surface area (Å²) in [7, 11) is 3.92. The summed E-state index contributed by atoms with van der Waals surface area (Å²) >= 11 is 0. The first-order valence-corrected chi connectivity index (χ1v) is 7.99. The van der Waals surface area contributed by atoms with E-state index in [-0.39, 0.29) is 11.9 Å². The molecule has 3 rings (SSSR count). The first kappa shape index (κ1) is 15.2. The molecule has 1 amide bonds. The lowest BCUT2D eigenvalue weighted by Crippen LogP contribution is -2.47. The monoisotopic (exact) mass is 304 g/mol. The zero-order valence-electron chi connectivity index (χ0n) is 13.4. The molecule has 0 saturated carbocycles. The summed E-state index contributed by atoms with van der Waals surface area (Å²) in [4.78, 5) is 16.6. The van der Waals surface area contributed by atoms with Gasteiger partial charge in [-0.25, -0.2) is 0 Å². The molecule has 0 spiro atoms. The molecule has 0 aromatic heterocycles. The average Bonchev–Trinajstić information content (AvgIpc) is 2.54. The van der Waals surface area contributed by atoms with E-state index in [1.165, 1.54) is 6.42 Å². The molecule has 5 nitrogen and oxygen atoms in total. The smallest absolute Gasteiger partial charge is 0.239 e. The average molecular weight is 304 g/mol. The Kier molecular flexibility index (Phi) is 4.52. The van der Waals surface area contributed by atoms with Crippen molar-refractivity contribution in [2.75, 3.05) is 33.9 Å². The van der Waals surface area contributed by atoms with Gasteiger partial charge >= 0.3 is 0 Å². The van der Waals surface area contributed by atoms with Gasteiger partial charge in [0.1, 0.15) is 13.2 Å². The van der Waals surface area contributed by atoms with Crippen molar-refractivity contribution in [1.82, 2.24) is 9.80 Å². The Morgan fingerprint density at radius 1 is 1.27 bits per heavy atom. The first-order valence-electron chi connectivity index (χ1n) is 7.99. The Labute approximate surface area is 131 Å². The van der Waals surface area contributed by atoms with E-state index in [1.54, 1.807) is 0 Å². The second-order valence-corrected chi connectivity index (χ2v) is 6.16. The van der Waals surface area contributed by atoms with Gasteiger partial charge in [-0.3, -0.25) is 9.69 Å². The van der Waals surface area contributed by atoms with E-state index < -0.39 is 0 Å². The van der Waals surface area contributed by atoms with Gasteiger partial charge in [-0.2, -0.15) is 0 Å². The number of fused-ring (bicyclic) bond motifs is 1. The van der Waals surface area contributed by atoms with E-state index in [9.17, 15) is 4.79 Å². The summed E-state index contributed by atoms with van der Waals surface area (Å²) in [6.45, 7) is 2.78. The minimum Gasteiger partial charge on any atom is -0.486 e. The molecule has 2 aliphatic rings. The van der Waals surface area contributed by atoms with Crippen molar-refractivity contribution in [3.05, 3.63) is 23.8 Å². The highest BCUT2D eigenvalue weighted by atomic mass is 16.6. The summed E-state index contributed by atoms with van der Waals surface area (Å²) in [5.74, 6) is 1.77. The van der Waals surface area contributed by atoms with Gasteiger partial charge in [0.15, 0.2) is 11.5 Å². The van der Waals surface area contributed by atoms with Crippen LogP contribution in [0, 0.1) is 0 Å². The number of hydrogen-bond acceptors (Lipinski definition) is 4. The van der Waals surface area contributed by atoms with Gasteiger partial charge in [0, 0.05) is 13.6 Å². The Morgan fingerprint density at radius 2 is 2.05 bits per heavy atom. The fraction of sp³-hybridized carbons (Fsp3) is 0.588. The second kappa shape index (κ2) is 6.57. The molecule has 5 heteroatoms. The molecule has 22 heavy (non-hydrogen) atoms. The number of amides is 1. The van der Waals surface area contributed by atoms with Gasteiger partial charge in [-0.1, -0.05) is 12.5 Å². The maximum Gasteiger partial charge on any atom is 0.239 e. The van der Waals surface area contributed by atoms with E-state index in [1.807, 2.05) is 37.2 Å². The lowest BCUT2D eigenvalue weighted by atomic mass is 10.0. The van der Waals surface area contributed by atoms with Crippen molar-refractivity contribution in [2.24, 2.45) is 0 Å². The summed E-state index contributed by atoms with van der Waals surface area (Å²) in [5, 5.41) is 0. The normalized spacial score (nSPS) is 21.5. The van der Waals surface area contributed by atoms with Crippen LogP contribution in [0.1, 0.15) is 24.8 Å². The maximum atomic E-state index is 12.6. The molecule has 0 aliphatic carbocycles. The number of carbonyl (C=O) groups excluding carboxylic acids is 1. The minimum absolute atomic E-state index is 0.0240. The highest BCUT2D eigenvalue weighted by molar-refractivity contribution is 5.81. The molecule has 120 valence electrons. The van der Waals surface area contributed by atoms with Crippen LogP contribution < -0.4 is 9.47 Å². The van der Waals surface area contributed by atoms with E-state index in [2.05, 4.69) is 4.90 Å². The van der Waals surface area contributed by atoms with Crippen LogP contribution in [-0.4, -0.2) is 55.6 Å². The zero-order valence-corrected chi connectivity index (χ0v) is 13.4. The number of ether oxygens (including phenoxy) is 2. The molecule has 1 fully saturated rings. The molecule has 2 heterocycles. The predicted molar refractivity (Wildman–Crippen MR) is 84.2 cm³/mol. The van der Waals surface area contributed by atoms with Crippen molar-refractivity contribution in [3.8, 4) is 11.5 Å². The first-order chi connectivity index (χ1) is 10.6. The molecule has 0 unspecified atom stereocenters. The van der Waals surface area contributed by atoms with E-state index in [4.69, 9.17) is 9.47 Å². The van der Waals surface area contributed by atoms with Crippen LogP contribution in [0.15, 0.2) is 18.2 Å². The third-order valence-electron chi connectivity index (χ3n) is 4.46. The van der Waals surface area contributed by atoms with Crippen LogP contribution in [0.3, 0.4) is 0 Å². The largest absolute Gasteiger partial charge is 0.486 e. The Balaban J connectivity index is 1.65. The number of hydrogen-bond donors (Lipinski definition) is 0. The number of rotatable bonds is 3. The van der Waals surface area contributed by atoms with Crippen molar-refractivity contribution in [2.45, 2.75) is 31.8 Å². The molecule has 1 atom stereocenters. The van der Waals surface area contributed by atoms with Crippen molar-refractivity contribution in [1.29, 1.82) is 0 Å². The van der Waals surface area contributed by atoms with Crippen LogP contribution in [0.2, 0.25) is 0 Å². The SMILES string of the molecule is CN(Cc1ccc2c(c1)OCCO2)C(=O)[C@@H]1CCCCN1C. The summed E-state index contributed by atoms with van der Waals surface area (Å²) in [6, 6.07) is 5.93. The highest BCUT2D eigenvalue weighted by Gasteiger charge is 2.28. The molecule has 0 N–H and O–H groups in total. The Morgan fingerprint density at radius 3 is 2.82 bits per heavy atom. The summed E-state index contributed by atoms with van der Waals surface area (Å²) in [5.41, 5.74) is 1.07. The topological polar surface area (TPSA) is 42.0 Å². The van der Waals surface area contributed by atoms with Crippen LogP contribution in [-0.2, 0) is 11.3 Å². The molecule has 1 saturated heterocycles. The fourth-order valence-electron chi connectivity index (χ4n) is 3.18. The number of carbonyl (C=O) groups is 1. The summed E-state index contributed by atoms with van der Waals surface area (Å²) in [6.07, 6.45) is 3.28. The number of piperidine rings is 1. The Bertz CT molecular complexity index is 547. The number of benzene rings is 1. The van der Waals surface area contributed by atoms with E-state index in [0.29, 0.717) is 19.8 Å². The fourth-order valence-corrected chi connectivity index (χ4v) is 3.18. The molecule has 0 radical (unpaired) electrons. The van der Waals surface area contributed by atoms with Crippen LogP contribution in [0.4, 0.5) is 0 Å². The predicted octanol–water partition coefficient (Wildman–Crippen LogP) is 1.90. The Hall–Kier alpha value is -1.75. The van der Waals surface area contributed by atoms with E-state index >= 15 is 0 Å². The second-order valence-electron chi connectivity index (χ2n) is 6.16. The molecule has 1 aromatic rings. The van der Waals surface area contributed by atoms with Crippen LogP contribution in [0.25, 0.3) is 0 Å². The van der Waals surface area contributed by atoms with Crippen molar-refractivity contribution < 1.29 is 14.3 Å². The van der Waals surface area contributed by atoms with Gasteiger partial charge in [0.2, 0.25) is 5.91 Å². The van der Waals surface area contributed by atoms with Gasteiger partial charge < -0.3 is 14.4 Å². The lowest BCUT2D eigenvalue weighted by Gasteiger charge is -2.34. The van der Waals surface area contributed by atoms with Gasteiger partial charge in [0.05, 0.1) is 6.04 Å². The zero-order chi connectivity index (χ0) is 15.5. The van der Waals surface area contributed by atoms with Crippen molar-refractivity contribution >= 4 is 5.91 Å². The third-order valence-corrected chi connectivity index (χ3v) is 4.46. The van der Waals surface area contributed by atoms with Crippen LogP contribution >= 0.6 is 0 Å². The van der Waals surface area contributed by atoms with Crippen LogP contribution in [0.5, 0.6) is 11.5 Å².